The summed E-state index contributed by atoms with van der Waals surface area (Å²) in [6.07, 6.45) is -10.4. The van der Waals surface area contributed by atoms with E-state index in [1.54, 1.807) is 0 Å². The number of carbonyl (C=O) groups excluding carboxylic acids is 1. The molecule has 8 heteroatoms. The number of rotatable bonds is 4. The Labute approximate surface area is 81.8 Å². The summed E-state index contributed by atoms with van der Waals surface area (Å²) in [6.45, 7) is 1.19. The standard InChI is InChI=1S/C7H9F5O3/c1-2-15-5(14)3-4(13)6(8,9)7(10,11)12/h4,13H,2-3H2,1H3/t4-/m1/s1. The fourth-order valence-electron chi connectivity index (χ4n) is 0.695. The van der Waals surface area contributed by atoms with E-state index in [0.29, 0.717) is 0 Å². The Hall–Kier alpha value is -0.920. The van der Waals surface area contributed by atoms with E-state index in [2.05, 4.69) is 4.74 Å². The lowest BCUT2D eigenvalue weighted by Crippen LogP contribution is -2.47. The topological polar surface area (TPSA) is 46.5 Å². The molecule has 0 aromatic rings. The summed E-state index contributed by atoms with van der Waals surface area (Å²) in [6, 6.07) is 0. The first-order chi connectivity index (χ1) is 6.63. The van der Waals surface area contributed by atoms with Crippen molar-refractivity contribution in [1.29, 1.82) is 0 Å². The van der Waals surface area contributed by atoms with Crippen LogP contribution in [0.1, 0.15) is 13.3 Å². The van der Waals surface area contributed by atoms with E-state index in [9.17, 15) is 26.7 Å². The second-order valence-corrected chi connectivity index (χ2v) is 2.65. The number of halogens is 5. The third-order valence-corrected chi connectivity index (χ3v) is 1.46. The van der Waals surface area contributed by atoms with Crippen molar-refractivity contribution in [3.8, 4) is 0 Å². The fraction of sp³-hybridized carbons (Fsp3) is 0.857. The zero-order chi connectivity index (χ0) is 12.3. The van der Waals surface area contributed by atoms with Gasteiger partial charge in [0.2, 0.25) is 0 Å². The van der Waals surface area contributed by atoms with Gasteiger partial charge in [-0.15, -0.1) is 0 Å². The molecule has 15 heavy (non-hydrogen) atoms. The first-order valence-electron chi connectivity index (χ1n) is 3.91. The van der Waals surface area contributed by atoms with Crippen LogP contribution in [0.2, 0.25) is 0 Å². The normalized spacial score (nSPS) is 14.9. The van der Waals surface area contributed by atoms with E-state index in [0.717, 1.165) is 0 Å². The molecule has 0 radical (unpaired) electrons. The first-order valence-corrected chi connectivity index (χ1v) is 3.91. The van der Waals surface area contributed by atoms with Gasteiger partial charge in [0.1, 0.15) is 6.10 Å². The zero-order valence-corrected chi connectivity index (χ0v) is 7.65. The van der Waals surface area contributed by atoms with Gasteiger partial charge in [0.25, 0.3) is 0 Å². The lowest BCUT2D eigenvalue weighted by Gasteiger charge is -2.23. The smallest absolute Gasteiger partial charge is 0.456 e. The number of alkyl halides is 5. The van der Waals surface area contributed by atoms with Crippen LogP contribution in [-0.2, 0) is 9.53 Å². The molecule has 1 atom stereocenters. The average Bonchev–Trinajstić information content (AvgIpc) is 2.02. The van der Waals surface area contributed by atoms with Crippen LogP contribution in [0, 0.1) is 0 Å². The molecular weight excluding hydrogens is 227 g/mol. The van der Waals surface area contributed by atoms with E-state index in [4.69, 9.17) is 5.11 Å². The second-order valence-electron chi connectivity index (χ2n) is 2.65. The number of hydrogen-bond donors (Lipinski definition) is 1. The highest BCUT2D eigenvalue weighted by Gasteiger charge is 2.62. The van der Waals surface area contributed by atoms with Crippen LogP contribution < -0.4 is 0 Å². The first kappa shape index (κ1) is 14.1. The van der Waals surface area contributed by atoms with Crippen molar-refractivity contribution in [2.75, 3.05) is 6.61 Å². The molecule has 0 saturated heterocycles. The Morgan fingerprint density at radius 3 is 2.13 bits per heavy atom. The van der Waals surface area contributed by atoms with Crippen LogP contribution in [0.3, 0.4) is 0 Å². The zero-order valence-electron chi connectivity index (χ0n) is 7.65. The molecule has 3 nitrogen and oxygen atoms in total. The Morgan fingerprint density at radius 1 is 1.33 bits per heavy atom. The molecule has 0 heterocycles. The van der Waals surface area contributed by atoms with Gasteiger partial charge in [0, 0.05) is 0 Å². The molecule has 0 unspecified atom stereocenters. The van der Waals surface area contributed by atoms with Gasteiger partial charge < -0.3 is 9.84 Å². The molecule has 0 saturated carbocycles. The maximum absolute atomic E-state index is 12.3. The Bertz CT molecular complexity index is 225. The maximum Gasteiger partial charge on any atom is 0.456 e. The summed E-state index contributed by atoms with van der Waals surface area (Å²) in [5.74, 6) is -6.63. The minimum absolute atomic E-state index is 0.164. The van der Waals surface area contributed by atoms with Crippen LogP contribution in [0.4, 0.5) is 22.0 Å². The summed E-state index contributed by atoms with van der Waals surface area (Å²) in [7, 11) is 0. The van der Waals surface area contributed by atoms with E-state index in [1.807, 2.05) is 0 Å². The van der Waals surface area contributed by atoms with Crippen molar-refractivity contribution in [3.05, 3.63) is 0 Å². The Morgan fingerprint density at radius 2 is 1.80 bits per heavy atom. The van der Waals surface area contributed by atoms with Gasteiger partial charge >= 0.3 is 18.1 Å². The van der Waals surface area contributed by atoms with Crippen molar-refractivity contribution < 1.29 is 36.6 Å². The van der Waals surface area contributed by atoms with Crippen molar-refractivity contribution >= 4 is 5.97 Å². The molecular formula is C7H9F5O3. The number of carbonyl (C=O) groups is 1. The SMILES string of the molecule is CCOC(=O)C[C@@H](O)C(F)(F)C(F)(F)F. The van der Waals surface area contributed by atoms with Crippen molar-refractivity contribution in [1.82, 2.24) is 0 Å². The summed E-state index contributed by atoms with van der Waals surface area (Å²) in [5, 5.41) is 8.54. The monoisotopic (exact) mass is 236 g/mol. The maximum atomic E-state index is 12.3. The van der Waals surface area contributed by atoms with Gasteiger partial charge in [-0.2, -0.15) is 22.0 Å². The molecule has 0 amide bonds. The molecule has 0 bridgehead atoms. The largest absolute Gasteiger partial charge is 0.466 e. The predicted molar refractivity (Wildman–Crippen MR) is 38.3 cm³/mol. The fourth-order valence-corrected chi connectivity index (χ4v) is 0.695. The molecule has 0 spiro atoms. The molecule has 90 valence electrons. The van der Waals surface area contributed by atoms with Gasteiger partial charge in [-0.05, 0) is 6.92 Å². The molecule has 0 aliphatic heterocycles. The van der Waals surface area contributed by atoms with E-state index < -0.39 is 30.6 Å². The van der Waals surface area contributed by atoms with Crippen LogP contribution in [0.25, 0.3) is 0 Å². The molecule has 0 aromatic carbocycles. The minimum atomic E-state index is -5.89. The summed E-state index contributed by atoms with van der Waals surface area (Å²) in [5.41, 5.74) is 0. The van der Waals surface area contributed by atoms with Crippen molar-refractivity contribution in [2.24, 2.45) is 0 Å². The number of ether oxygens (including phenoxy) is 1. The van der Waals surface area contributed by atoms with Gasteiger partial charge in [-0.25, -0.2) is 0 Å². The van der Waals surface area contributed by atoms with Gasteiger partial charge in [-0.3, -0.25) is 4.79 Å². The number of hydrogen-bond acceptors (Lipinski definition) is 3. The highest BCUT2D eigenvalue weighted by Crippen LogP contribution is 2.39. The lowest BCUT2D eigenvalue weighted by atomic mass is 10.1. The predicted octanol–water partition coefficient (Wildman–Crippen LogP) is 1.50. The number of aliphatic hydroxyl groups excluding tert-OH is 1. The van der Waals surface area contributed by atoms with Crippen molar-refractivity contribution in [2.45, 2.75) is 31.5 Å². The number of esters is 1. The van der Waals surface area contributed by atoms with E-state index in [-0.39, 0.29) is 6.61 Å². The molecule has 1 N–H and O–H groups in total. The lowest BCUT2D eigenvalue weighted by molar-refractivity contribution is -0.312. The molecule has 0 rings (SSSR count). The Kier molecular flexibility index (Phi) is 4.44. The highest BCUT2D eigenvalue weighted by atomic mass is 19.4. The van der Waals surface area contributed by atoms with Gasteiger partial charge in [0.05, 0.1) is 13.0 Å². The molecule has 0 fully saturated rings. The van der Waals surface area contributed by atoms with E-state index in [1.165, 1.54) is 6.92 Å². The molecule has 0 aromatic heterocycles. The summed E-state index contributed by atoms with van der Waals surface area (Å²) >= 11 is 0. The molecule has 0 aliphatic rings. The average molecular weight is 236 g/mol. The van der Waals surface area contributed by atoms with Gasteiger partial charge in [0.15, 0.2) is 0 Å². The van der Waals surface area contributed by atoms with Crippen LogP contribution in [-0.4, -0.2) is 35.9 Å². The Balaban J connectivity index is 4.44. The minimum Gasteiger partial charge on any atom is -0.466 e. The summed E-state index contributed by atoms with van der Waals surface area (Å²) < 4.78 is 63.8. The van der Waals surface area contributed by atoms with E-state index >= 15 is 0 Å². The third kappa shape index (κ3) is 3.61. The van der Waals surface area contributed by atoms with Crippen LogP contribution in [0.15, 0.2) is 0 Å². The molecule has 0 aliphatic carbocycles. The quantitative estimate of drug-likeness (QED) is 0.594. The van der Waals surface area contributed by atoms with Crippen molar-refractivity contribution in [3.63, 3.8) is 0 Å². The highest BCUT2D eigenvalue weighted by molar-refractivity contribution is 5.70. The van der Waals surface area contributed by atoms with Gasteiger partial charge in [-0.1, -0.05) is 0 Å². The second kappa shape index (κ2) is 4.73. The van der Waals surface area contributed by atoms with Crippen LogP contribution >= 0.6 is 0 Å². The number of aliphatic hydroxyl groups is 1. The third-order valence-electron chi connectivity index (χ3n) is 1.46. The summed E-state index contributed by atoms with van der Waals surface area (Å²) in [4.78, 5) is 10.5. The van der Waals surface area contributed by atoms with Crippen LogP contribution in [0.5, 0.6) is 0 Å².